The Morgan fingerprint density at radius 2 is 1.07 bits per heavy atom. The Morgan fingerprint density at radius 1 is 0.595 bits per heavy atom. The van der Waals surface area contributed by atoms with Gasteiger partial charge in [-0.15, -0.1) is 0 Å². The first-order chi connectivity index (χ1) is 20.6. The smallest absolute Gasteiger partial charge is 0.444 e. The van der Waals surface area contributed by atoms with Crippen LogP contribution in [-0.4, -0.2) is 18.3 Å². The van der Waals surface area contributed by atoms with Crippen molar-refractivity contribution in [3.05, 3.63) is 157 Å². The number of esters is 1. The number of carbonyl (C=O) groups excluding carboxylic acids is 1. The summed E-state index contributed by atoms with van der Waals surface area (Å²) in [5.74, 6) is 0.341. The number of ether oxygens (including phenoxy) is 1. The van der Waals surface area contributed by atoms with E-state index in [0.29, 0.717) is 17.9 Å². The zero-order chi connectivity index (χ0) is 29.0. The third kappa shape index (κ3) is 8.43. The molecule has 0 amide bonds. The molecule has 0 fully saturated rings. The topological polar surface area (TPSA) is 73.9 Å². The van der Waals surface area contributed by atoms with Crippen LogP contribution >= 0.6 is 7.60 Å². The van der Waals surface area contributed by atoms with E-state index in [4.69, 9.17) is 13.8 Å². The fourth-order valence-electron chi connectivity index (χ4n) is 4.36. The summed E-state index contributed by atoms with van der Waals surface area (Å²) in [6, 6.07) is 44.5. The van der Waals surface area contributed by atoms with E-state index >= 15 is 0 Å². The van der Waals surface area contributed by atoms with E-state index in [2.05, 4.69) is 17.4 Å². The number of hydrogen-bond acceptors (Lipinski definition) is 6. The van der Waals surface area contributed by atoms with Crippen LogP contribution in [-0.2, 0) is 27.1 Å². The Kier molecular flexibility index (Phi) is 9.84. The fourth-order valence-corrected chi connectivity index (χ4v) is 5.85. The first-order valence-corrected chi connectivity index (χ1v) is 15.5. The third-order valence-corrected chi connectivity index (χ3v) is 8.06. The van der Waals surface area contributed by atoms with Crippen LogP contribution in [0.4, 0.5) is 0 Å². The lowest BCUT2D eigenvalue weighted by molar-refractivity contribution is -0.147. The molecular weight excluding hydrogens is 545 g/mol. The summed E-state index contributed by atoms with van der Waals surface area (Å²) in [7, 11) is -3.81. The van der Waals surface area contributed by atoms with Crippen LogP contribution in [0.2, 0.25) is 0 Å². The molecule has 0 saturated heterocycles. The largest absolute Gasteiger partial charge is 0.460 e. The summed E-state index contributed by atoms with van der Waals surface area (Å²) in [6.07, 6.45) is 0.101. The van der Waals surface area contributed by atoms with E-state index in [9.17, 15) is 9.36 Å². The Hall–Kier alpha value is -4.64. The molecule has 6 nitrogen and oxygen atoms in total. The van der Waals surface area contributed by atoms with Crippen molar-refractivity contribution < 1.29 is 23.1 Å². The molecule has 0 aliphatic heterocycles. The Labute approximate surface area is 246 Å². The van der Waals surface area contributed by atoms with Gasteiger partial charge in [-0.3, -0.25) is 10.1 Å². The summed E-state index contributed by atoms with van der Waals surface area (Å²) >= 11 is 0. The van der Waals surface area contributed by atoms with Gasteiger partial charge in [-0.05, 0) is 52.9 Å². The lowest BCUT2D eigenvalue weighted by Gasteiger charge is -2.23. The normalized spacial score (nSPS) is 11.8. The van der Waals surface area contributed by atoms with E-state index in [1.54, 1.807) is 48.5 Å². The molecular formula is C35H32NO5P. The number of para-hydroxylation sites is 2. The molecule has 1 unspecified atom stereocenters. The van der Waals surface area contributed by atoms with Gasteiger partial charge in [0.1, 0.15) is 30.4 Å². The van der Waals surface area contributed by atoms with Gasteiger partial charge in [-0.2, -0.15) is 0 Å². The predicted molar refractivity (Wildman–Crippen MR) is 165 cm³/mol. The van der Waals surface area contributed by atoms with Crippen LogP contribution in [0.15, 0.2) is 146 Å². The molecule has 1 N–H and O–H groups in total. The van der Waals surface area contributed by atoms with Crippen LogP contribution in [0.25, 0.3) is 11.1 Å². The number of nitrogens with one attached hydrogen (secondary N) is 1. The van der Waals surface area contributed by atoms with Crippen molar-refractivity contribution in [2.75, 3.05) is 6.29 Å². The minimum Gasteiger partial charge on any atom is -0.460 e. The molecule has 0 heterocycles. The Morgan fingerprint density at radius 3 is 1.62 bits per heavy atom. The maximum Gasteiger partial charge on any atom is 0.444 e. The molecule has 1 atom stereocenters. The van der Waals surface area contributed by atoms with E-state index < -0.39 is 19.6 Å². The van der Waals surface area contributed by atoms with Crippen molar-refractivity contribution >= 4 is 13.6 Å². The van der Waals surface area contributed by atoms with E-state index in [-0.39, 0.29) is 12.9 Å². The number of carbonyl (C=O) groups is 1. The van der Waals surface area contributed by atoms with E-state index in [1.165, 1.54) is 0 Å². The van der Waals surface area contributed by atoms with Crippen LogP contribution in [0, 0.1) is 0 Å². The Bertz CT molecular complexity index is 1540. The highest BCUT2D eigenvalue weighted by Crippen LogP contribution is 2.47. The van der Waals surface area contributed by atoms with Gasteiger partial charge in [-0.25, -0.2) is 4.57 Å². The van der Waals surface area contributed by atoms with Crippen LogP contribution < -0.4 is 14.4 Å². The van der Waals surface area contributed by atoms with E-state index in [0.717, 1.165) is 22.3 Å². The molecule has 0 bridgehead atoms. The lowest BCUT2D eigenvalue weighted by Crippen LogP contribution is -2.41. The molecule has 0 radical (unpaired) electrons. The SMILES string of the molecule is O=C(OCc1ccccc1)C(Cc1ccc(-c2ccccc2)cc1)NCP(=O)(Oc1ccccc1)Oc1ccccc1. The zero-order valence-electron chi connectivity index (χ0n) is 23.0. The second-order valence-corrected chi connectivity index (χ2v) is 11.6. The van der Waals surface area contributed by atoms with Gasteiger partial charge in [0.2, 0.25) is 0 Å². The number of rotatable bonds is 13. The molecule has 5 aromatic rings. The quantitative estimate of drug-likeness (QED) is 0.113. The molecule has 0 spiro atoms. The lowest BCUT2D eigenvalue weighted by atomic mass is 10.0. The van der Waals surface area contributed by atoms with Gasteiger partial charge >= 0.3 is 13.6 Å². The molecule has 0 aromatic heterocycles. The number of hydrogen-bond donors (Lipinski definition) is 1. The molecule has 5 rings (SSSR count). The first kappa shape index (κ1) is 28.9. The monoisotopic (exact) mass is 577 g/mol. The van der Waals surface area contributed by atoms with Crippen molar-refractivity contribution in [3.63, 3.8) is 0 Å². The third-order valence-electron chi connectivity index (χ3n) is 6.52. The van der Waals surface area contributed by atoms with Gasteiger partial charge < -0.3 is 13.8 Å². The maximum absolute atomic E-state index is 14.1. The van der Waals surface area contributed by atoms with Crippen molar-refractivity contribution in [1.82, 2.24) is 5.32 Å². The molecule has 212 valence electrons. The predicted octanol–water partition coefficient (Wildman–Crippen LogP) is 7.91. The van der Waals surface area contributed by atoms with Crippen molar-refractivity contribution in [2.45, 2.75) is 19.1 Å². The summed E-state index contributed by atoms with van der Waals surface area (Å²) < 4.78 is 31.5. The zero-order valence-corrected chi connectivity index (χ0v) is 23.9. The van der Waals surface area contributed by atoms with Crippen molar-refractivity contribution in [1.29, 1.82) is 0 Å². The van der Waals surface area contributed by atoms with Crippen LogP contribution in [0.3, 0.4) is 0 Å². The van der Waals surface area contributed by atoms with Gasteiger partial charge in [0, 0.05) is 0 Å². The summed E-state index contributed by atoms with van der Waals surface area (Å²) in [5.41, 5.74) is 3.99. The van der Waals surface area contributed by atoms with Gasteiger partial charge in [0.25, 0.3) is 0 Å². The standard InChI is InChI=1S/C35H32NO5P/c37-35(39-26-29-13-5-1-6-14-29)34(25-28-21-23-31(24-22-28)30-15-7-2-8-16-30)36-27-42(38,40-32-17-9-3-10-18-32)41-33-19-11-4-12-20-33/h1-24,34,36H,25-27H2. The second kappa shape index (κ2) is 14.3. The van der Waals surface area contributed by atoms with Gasteiger partial charge in [0.15, 0.2) is 0 Å². The summed E-state index contributed by atoms with van der Waals surface area (Å²) in [4.78, 5) is 13.4. The molecule has 5 aromatic carbocycles. The molecule has 0 aliphatic rings. The summed E-state index contributed by atoms with van der Waals surface area (Å²) in [6.45, 7) is 0.128. The minimum atomic E-state index is -3.81. The first-order valence-electron chi connectivity index (χ1n) is 13.7. The molecule has 0 aliphatic carbocycles. The van der Waals surface area contributed by atoms with Crippen molar-refractivity contribution in [2.24, 2.45) is 0 Å². The highest BCUT2D eigenvalue weighted by Gasteiger charge is 2.32. The van der Waals surface area contributed by atoms with Crippen molar-refractivity contribution in [3.8, 4) is 22.6 Å². The average molecular weight is 578 g/mol. The van der Waals surface area contributed by atoms with E-state index in [1.807, 2.05) is 84.9 Å². The highest BCUT2D eigenvalue weighted by atomic mass is 31.2. The molecule has 7 heteroatoms. The summed E-state index contributed by atoms with van der Waals surface area (Å²) in [5, 5.41) is 3.14. The number of benzene rings is 5. The molecule has 0 saturated carbocycles. The van der Waals surface area contributed by atoms with Crippen LogP contribution in [0.1, 0.15) is 11.1 Å². The Balaban J connectivity index is 1.35. The van der Waals surface area contributed by atoms with Gasteiger partial charge in [-0.1, -0.05) is 121 Å². The highest BCUT2D eigenvalue weighted by molar-refractivity contribution is 7.54. The van der Waals surface area contributed by atoms with Crippen LogP contribution in [0.5, 0.6) is 11.5 Å². The second-order valence-electron chi connectivity index (χ2n) is 9.69. The minimum absolute atomic E-state index is 0.128. The average Bonchev–Trinajstić information content (AvgIpc) is 3.04. The maximum atomic E-state index is 14.1. The fraction of sp³-hybridized carbons (Fsp3) is 0.114. The van der Waals surface area contributed by atoms with Gasteiger partial charge in [0.05, 0.1) is 0 Å². The molecule has 42 heavy (non-hydrogen) atoms.